The molecule has 1 N–H and O–H groups in total. The topological polar surface area (TPSA) is 74.2 Å². The van der Waals surface area contributed by atoms with Crippen LogP contribution in [0.3, 0.4) is 0 Å². The fourth-order valence-corrected chi connectivity index (χ4v) is 2.95. The van der Waals surface area contributed by atoms with E-state index in [1.807, 2.05) is 0 Å². The highest BCUT2D eigenvalue weighted by molar-refractivity contribution is 5.80. The van der Waals surface area contributed by atoms with Gasteiger partial charge < -0.3 is 24.1 Å². The highest BCUT2D eigenvalue weighted by atomic mass is 16.5. The number of carbonyl (C=O) groups excluding carboxylic acids is 1. The van der Waals surface area contributed by atoms with E-state index in [-0.39, 0.29) is 6.61 Å². The molecule has 0 saturated carbocycles. The van der Waals surface area contributed by atoms with Gasteiger partial charge in [0.2, 0.25) is 0 Å². The quantitative estimate of drug-likeness (QED) is 0.840. The van der Waals surface area contributed by atoms with Gasteiger partial charge in [-0.3, -0.25) is 0 Å². The Morgan fingerprint density at radius 3 is 2.57 bits per heavy atom. The van der Waals surface area contributed by atoms with Crippen molar-refractivity contribution in [1.82, 2.24) is 0 Å². The molecule has 1 aromatic rings. The predicted octanol–water partition coefficient (Wildman–Crippen LogP) is 1.16. The first-order chi connectivity index (χ1) is 10.2. The number of aliphatic hydroxyl groups is 1. The fourth-order valence-electron chi connectivity index (χ4n) is 2.95. The van der Waals surface area contributed by atoms with Gasteiger partial charge in [-0.2, -0.15) is 0 Å². The van der Waals surface area contributed by atoms with Crippen molar-refractivity contribution in [2.24, 2.45) is 0 Å². The second-order valence-electron chi connectivity index (χ2n) is 4.91. The third kappa shape index (κ3) is 2.10. The number of aliphatic hydroxyl groups excluding tert-OH is 1. The first-order valence-corrected chi connectivity index (χ1v) is 7.04. The van der Waals surface area contributed by atoms with Gasteiger partial charge in [-0.05, 0) is 6.92 Å². The fraction of sp³-hybridized carbons (Fsp3) is 0.533. The van der Waals surface area contributed by atoms with Gasteiger partial charge in [0.1, 0.15) is 5.75 Å². The summed E-state index contributed by atoms with van der Waals surface area (Å²) in [4.78, 5) is 11.9. The van der Waals surface area contributed by atoms with Gasteiger partial charge in [0, 0.05) is 29.5 Å². The maximum Gasteiger partial charge on any atom is 0.339 e. The van der Waals surface area contributed by atoms with Crippen LogP contribution in [-0.4, -0.2) is 38.0 Å². The summed E-state index contributed by atoms with van der Waals surface area (Å²) in [5, 5.41) is 10.4. The standard InChI is InChI=1S/C15H18O6/c1-3-19-15(17)11(16)10-8-4-6-21-14(8)13(18-2)9-5-7-20-12(9)10/h11,16H,3-7H2,1-2H3. The summed E-state index contributed by atoms with van der Waals surface area (Å²) in [6.45, 7) is 2.91. The van der Waals surface area contributed by atoms with Crippen molar-refractivity contribution in [1.29, 1.82) is 0 Å². The number of carbonyl (C=O) groups is 1. The van der Waals surface area contributed by atoms with E-state index in [9.17, 15) is 9.90 Å². The summed E-state index contributed by atoms with van der Waals surface area (Å²) in [6.07, 6.45) is -0.0932. The van der Waals surface area contributed by atoms with Crippen LogP contribution in [0, 0.1) is 0 Å². The average Bonchev–Trinajstić information content (AvgIpc) is 3.12. The number of benzene rings is 1. The van der Waals surface area contributed by atoms with E-state index in [4.69, 9.17) is 18.9 Å². The lowest BCUT2D eigenvalue weighted by Gasteiger charge is -2.19. The largest absolute Gasteiger partial charge is 0.492 e. The molecule has 1 atom stereocenters. The molecule has 6 nitrogen and oxygen atoms in total. The van der Waals surface area contributed by atoms with Gasteiger partial charge in [-0.15, -0.1) is 0 Å². The Kier molecular flexibility index (Phi) is 3.63. The van der Waals surface area contributed by atoms with Crippen LogP contribution in [0.2, 0.25) is 0 Å². The van der Waals surface area contributed by atoms with Crippen LogP contribution < -0.4 is 14.2 Å². The van der Waals surface area contributed by atoms with E-state index in [1.54, 1.807) is 14.0 Å². The third-order valence-electron chi connectivity index (χ3n) is 3.78. The lowest BCUT2D eigenvalue weighted by atomic mass is 9.94. The Bertz CT molecular complexity index is 545. The summed E-state index contributed by atoms with van der Waals surface area (Å²) >= 11 is 0. The number of fused-ring (bicyclic) bond motifs is 2. The maximum absolute atomic E-state index is 11.9. The molecule has 2 heterocycles. The highest BCUT2D eigenvalue weighted by Crippen LogP contribution is 2.50. The second kappa shape index (κ2) is 5.44. The van der Waals surface area contributed by atoms with E-state index >= 15 is 0 Å². The molecule has 0 aromatic heterocycles. The van der Waals surface area contributed by atoms with Crippen LogP contribution in [0.4, 0.5) is 0 Å². The lowest BCUT2D eigenvalue weighted by molar-refractivity contribution is -0.153. The molecule has 2 aliphatic heterocycles. The minimum atomic E-state index is -1.36. The van der Waals surface area contributed by atoms with Crippen molar-refractivity contribution < 1.29 is 28.8 Å². The first-order valence-electron chi connectivity index (χ1n) is 7.04. The zero-order valence-corrected chi connectivity index (χ0v) is 12.1. The van der Waals surface area contributed by atoms with Crippen molar-refractivity contribution in [3.63, 3.8) is 0 Å². The molecule has 0 bridgehead atoms. The summed E-state index contributed by atoms with van der Waals surface area (Å²) in [5.41, 5.74) is 2.08. The molecule has 1 unspecified atom stereocenters. The van der Waals surface area contributed by atoms with Gasteiger partial charge in [-0.1, -0.05) is 0 Å². The Morgan fingerprint density at radius 2 is 1.90 bits per heavy atom. The first kappa shape index (κ1) is 14.0. The molecule has 21 heavy (non-hydrogen) atoms. The van der Waals surface area contributed by atoms with Crippen molar-refractivity contribution in [2.75, 3.05) is 26.9 Å². The number of rotatable bonds is 4. The summed E-state index contributed by atoms with van der Waals surface area (Å²) < 4.78 is 21.6. The third-order valence-corrected chi connectivity index (χ3v) is 3.78. The summed E-state index contributed by atoms with van der Waals surface area (Å²) in [7, 11) is 1.58. The van der Waals surface area contributed by atoms with Gasteiger partial charge in [0.15, 0.2) is 17.6 Å². The van der Waals surface area contributed by atoms with Crippen LogP contribution in [0.5, 0.6) is 17.2 Å². The molecule has 0 aliphatic carbocycles. The predicted molar refractivity (Wildman–Crippen MR) is 73.0 cm³/mol. The highest BCUT2D eigenvalue weighted by Gasteiger charge is 2.37. The van der Waals surface area contributed by atoms with E-state index in [0.717, 1.165) is 11.1 Å². The van der Waals surface area contributed by atoms with Crippen molar-refractivity contribution in [2.45, 2.75) is 25.9 Å². The number of ether oxygens (including phenoxy) is 4. The Morgan fingerprint density at radius 1 is 1.24 bits per heavy atom. The zero-order valence-electron chi connectivity index (χ0n) is 12.1. The van der Waals surface area contributed by atoms with E-state index in [2.05, 4.69) is 0 Å². The minimum Gasteiger partial charge on any atom is -0.492 e. The average molecular weight is 294 g/mol. The van der Waals surface area contributed by atoms with E-state index < -0.39 is 12.1 Å². The lowest BCUT2D eigenvalue weighted by Crippen LogP contribution is -2.17. The molecular weight excluding hydrogens is 276 g/mol. The SMILES string of the molecule is CCOC(=O)C(O)c1c2c(c(OC)c3c1OCC3)OCC2. The van der Waals surface area contributed by atoms with Gasteiger partial charge in [0.25, 0.3) is 0 Å². The molecule has 114 valence electrons. The minimum absolute atomic E-state index is 0.216. The van der Waals surface area contributed by atoms with Gasteiger partial charge >= 0.3 is 5.97 Å². The van der Waals surface area contributed by atoms with E-state index in [1.165, 1.54) is 0 Å². The van der Waals surface area contributed by atoms with Crippen LogP contribution in [0.25, 0.3) is 0 Å². The van der Waals surface area contributed by atoms with Crippen LogP contribution in [0.1, 0.15) is 29.7 Å². The molecule has 1 aromatic carbocycles. The number of methoxy groups -OCH3 is 1. The van der Waals surface area contributed by atoms with Gasteiger partial charge in [-0.25, -0.2) is 4.79 Å². The molecule has 6 heteroatoms. The molecule has 2 aliphatic rings. The summed E-state index contributed by atoms with van der Waals surface area (Å²) in [6, 6.07) is 0. The maximum atomic E-state index is 11.9. The Hall–Kier alpha value is -1.95. The zero-order chi connectivity index (χ0) is 15.0. The molecule has 3 rings (SSSR count). The van der Waals surface area contributed by atoms with Crippen molar-refractivity contribution >= 4 is 5.97 Å². The molecule has 0 spiro atoms. The number of hydrogen-bond acceptors (Lipinski definition) is 6. The summed E-state index contributed by atoms with van der Waals surface area (Å²) in [5.74, 6) is 1.13. The molecule has 0 radical (unpaired) electrons. The van der Waals surface area contributed by atoms with Crippen LogP contribution >= 0.6 is 0 Å². The van der Waals surface area contributed by atoms with E-state index in [0.29, 0.717) is 48.9 Å². The smallest absolute Gasteiger partial charge is 0.339 e. The van der Waals surface area contributed by atoms with Gasteiger partial charge in [0.05, 0.1) is 26.9 Å². The van der Waals surface area contributed by atoms with Crippen LogP contribution in [-0.2, 0) is 22.4 Å². The molecule has 0 saturated heterocycles. The molecular formula is C15H18O6. The monoisotopic (exact) mass is 294 g/mol. The molecule has 0 amide bonds. The Balaban J connectivity index is 2.15. The van der Waals surface area contributed by atoms with Crippen molar-refractivity contribution in [3.05, 3.63) is 16.7 Å². The number of esters is 1. The Labute approximate surface area is 122 Å². The molecule has 0 fully saturated rings. The normalized spacial score (nSPS) is 16.5. The van der Waals surface area contributed by atoms with Crippen LogP contribution in [0.15, 0.2) is 0 Å². The number of hydrogen-bond donors (Lipinski definition) is 1. The van der Waals surface area contributed by atoms with Crippen molar-refractivity contribution in [3.8, 4) is 17.2 Å². The second-order valence-corrected chi connectivity index (χ2v) is 4.91.